The predicted molar refractivity (Wildman–Crippen MR) is 138 cm³/mol. The second-order valence-corrected chi connectivity index (χ2v) is 10.4. The third-order valence-corrected chi connectivity index (χ3v) is 8.01. The van der Waals surface area contributed by atoms with Crippen molar-refractivity contribution in [3.05, 3.63) is 113 Å². The number of esters is 1. The molecule has 186 valence electrons. The summed E-state index contributed by atoms with van der Waals surface area (Å²) in [7, 11) is -2.97. The fraction of sp³-hybridized carbons (Fsp3) is 0.0357. The van der Waals surface area contributed by atoms with E-state index in [1.807, 2.05) is 0 Å². The number of methoxy groups -OCH3 is 1. The number of ether oxygens (including phenoxy) is 1. The van der Waals surface area contributed by atoms with E-state index in [-0.39, 0.29) is 26.7 Å². The normalized spacial score (nSPS) is 11.6. The topological polar surface area (TPSA) is 65.4 Å². The second kappa shape index (κ2) is 9.46. The van der Waals surface area contributed by atoms with Crippen LogP contribution in [-0.4, -0.2) is 25.5 Å². The minimum absolute atomic E-state index is 0.0315. The number of hydrogen-bond donors (Lipinski definition) is 0. The molecule has 1 aromatic heterocycles. The van der Waals surface area contributed by atoms with E-state index < -0.39 is 33.2 Å². The maximum atomic E-state index is 14.9. The summed E-state index contributed by atoms with van der Waals surface area (Å²) in [6.07, 6.45) is 0. The van der Waals surface area contributed by atoms with Gasteiger partial charge in [-0.3, -0.25) is 0 Å². The molecule has 0 fully saturated rings. The average molecular weight is 538 g/mol. The van der Waals surface area contributed by atoms with Gasteiger partial charge in [-0.2, -0.15) is 0 Å². The van der Waals surface area contributed by atoms with Crippen LogP contribution in [0.5, 0.6) is 0 Å². The van der Waals surface area contributed by atoms with Gasteiger partial charge in [0.15, 0.2) is 0 Å². The third kappa shape index (κ3) is 4.28. The molecule has 9 heteroatoms. The summed E-state index contributed by atoms with van der Waals surface area (Å²) in [6.45, 7) is 0. The number of aromatic nitrogens is 1. The van der Waals surface area contributed by atoms with Crippen molar-refractivity contribution >= 4 is 38.5 Å². The highest BCUT2D eigenvalue weighted by Gasteiger charge is 2.27. The van der Waals surface area contributed by atoms with Gasteiger partial charge in [-0.05, 0) is 60.2 Å². The maximum Gasteiger partial charge on any atom is 0.337 e. The number of carbonyl (C=O) groups is 1. The molecule has 0 unspecified atom stereocenters. The molecule has 0 bridgehead atoms. The number of carbonyl (C=O) groups excluding carboxylic acids is 1. The molecule has 5 aromatic rings. The molecule has 0 aliphatic carbocycles. The highest BCUT2D eigenvalue weighted by Crippen LogP contribution is 2.38. The Labute approximate surface area is 216 Å². The van der Waals surface area contributed by atoms with Crippen molar-refractivity contribution < 1.29 is 26.7 Å². The molecule has 0 aliphatic rings. The van der Waals surface area contributed by atoms with Crippen LogP contribution in [0, 0.1) is 11.6 Å². The van der Waals surface area contributed by atoms with Crippen molar-refractivity contribution in [1.82, 2.24) is 3.97 Å². The number of nitrogens with zero attached hydrogens (tertiary/aromatic N) is 1. The maximum absolute atomic E-state index is 14.9. The summed E-state index contributed by atoms with van der Waals surface area (Å²) in [4.78, 5) is 11.8. The first kappa shape index (κ1) is 24.7. The van der Waals surface area contributed by atoms with E-state index in [4.69, 9.17) is 16.3 Å². The molecule has 0 saturated carbocycles. The van der Waals surface area contributed by atoms with Crippen LogP contribution in [-0.2, 0) is 14.8 Å². The van der Waals surface area contributed by atoms with E-state index in [1.54, 1.807) is 48.5 Å². The lowest BCUT2D eigenvalue weighted by Crippen LogP contribution is -2.14. The van der Waals surface area contributed by atoms with Crippen molar-refractivity contribution in [2.45, 2.75) is 4.90 Å². The van der Waals surface area contributed by atoms with Crippen LogP contribution >= 0.6 is 11.6 Å². The minimum atomic E-state index is -4.23. The summed E-state index contributed by atoms with van der Waals surface area (Å²) < 4.78 is 62.8. The van der Waals surface area contributed by atoms with Gasteiger partial charge in [0, 0.05) is 16.0 Å². The van der Waals surface area contributed by atoms with Gasteiger partial charge in [-0.1, -0.05) is 48.0 Å². The minimum Gasteiger partial charge on any atom is -0.465 e. The van der Waals surface area contributed by atoms with Crippen molar-refractivity contribution in [3.63, 3.8) is 0 Å². The van der Waals surface area contributed by atoms with Gasteiger partial charge in [0.25, 0.3) is 10.0 Å². The first-order valence-electron chi connectivity index (χ1n) is 11.0. The zero-order valence-corrected chi connectivity index (χ0v) is 20.9. The van der Waals surface area contributed by atoms with Crippen LogP contribution in [0.2, 0.25) is 5.02 Å². The Bertz CT molecular complexity index is 1760. The van der Waals surface area contributed by atoms with E-state index >= 15 is 0 Å². The third-order valence-electron chi connectivity index (χ3n) is 5.96. The number of halogens is 3. The highest BCUT2D eigenvalue weighted by atomic mass is 35.5. The Morgan fingerprint density at radius 1 is 0.865 bits per heavy atom. The van der Waals surface area contributed by atoms with Gasteiger partial charge in [-0.25, -0.2) is 26.0 Å². The van der Waals surface area contributed by atoms with Gasteiger partial charge in [0.05, 0.1) is 34.3 Å². The molecular formula is C28H18ClF2NO4S. The molecule has 4 aromatic carbocycles. The Morgan fingerprint density at radius 3 is 2.22 bits per heavy atom. The van der Waals surface area contributed by atoms with Crippen LogP contribution in [0.1, 0.15) is 10.4 Å². The lowest BCUT2D eigenvalue weighted by Gasteiger charge is -2.13. The number of fused-ring (bicyclic) bond motifs is 1. The smallest absolute Gasteiger partial charge is 0.337 e. The summed E-state index contributed by atoms with van der Waals surface area (Å²) in [5, 5.41) is 0.696. The van der Waals surface area contributed by atoms with E-state index in [9.17, 15) is 22.0 Å². The zero-order chi connectivity index (χ0) is 26.3. The van der Waals surface area contributed by atoms with Crippen LogP contribution < -0.4 is 0 Å². The van der Waals surface area contributed by atoms with Gasteiger partial charge >= 0.3 is 5.97 Å². The van der Waals surface area contributed by atoms with Crippen molar-refractivity contribution in [2.75, 3.05) is 7.11 Å². The zero-order valence-electron chi connectivity index (χ0n) is 19.3. The van der Waals surface area contributed by atoms with Crippen LogP contribution in [0.3, 0.4) is 0 Å². The Kier molecular flexibility index (Phi) is 6.31. The molecule has 1 heterocycles. The van der Waals surface area contributed by atoms with Crippen LogP contribution in [0.4, 0.5) is 8.78 Å². The van der Waals surface area contributed by atoms with Gasteiger partial charge < -0.3 is 4.74 Å². The lowest BCUT2D eigenvalue weighted by atomic mass is 10.0. The Morgan fingerprint density at radius 2 is 1.57 bits per heavy atom. The fourth-order valence-electron chi connectivity index (χ4n) is 4.23. The van der Waals surface area contributed by atoms with Crippen molar-refractivity contribution in [3.8, 4) is 22.4 Å². The molecular weight excluding hydrogens is 520 g/mol. The molecule has 0 atom stereocenters. The molecule has 0 amide bonds. The van der Waals surface area contributed by atoms with Gasteiger partial charge in [-0.15, -0.1) is 0 Å². The van der Waals surface area contributed by atoms with Gasteiger partial charge in [0.2, 0.25) is 0 Å². The fourth-order valence-corrected chi connectivity index (χ4v) is 6.06. The first-order valence-corrected chi connectivity index (χ1v) is 12.8. The summed E-state index contributed by atoms with van der Waals surface area (Å²) in [5.74, 6) is -2.33. The molecule has 0 N–H and O–H groups in total. The number of rotatable bonds is 5. The summed E-state index contributed by atoms with van der Waals surface area (Å²) >= 11 is 6.43. The Hall–Kier alpha value is -4.01. The second-order valence-electron chi connectivity index (χ2n) is 8.17. The molecule has 0 aliphatic heterocycles. The SMILES string of the molecule is COC(=O)c1ccc(-c2ccc3c(c2)cc(-c2c(F)cccc2F)n3S(=O)(=O)c2ccccc2)c(Cl)c1. The van der Waals surface area contributed by atoms with Gasteiger partial charge in [0.1, 0.15) is 11.6 Å². The average Bonchev–Trinajstić information content (AvgIpc) is 3.27. The van der Waals surface area contributed by atoms with E-state index in [1.165, 1.54) is 37.4 Å². The molecule has 5 nitrogen and oxygen atoms in total. The molecule has 0 spiro atoms. The standard InChI is InChI=1S/C28H18ClF2NO4S/c1-36-28(33)18-10-12-21(22(29)15-18)17-11-13-25-19(14-17)16-26(27-23(30)8-5-9-24(27)31)32(25)37(34,35)20-6-3-2-4-7-20/h2-16H,1H3. The predicted octanol–water partition coefficient (Wildman–Crippen LogP) is 6.93. The molecule has 0 radical (unpaired) electrons. The van der Waals surface area contributed by atoms with E-state index in [0.717, 1.165) is 16.1 Å². The number of benzene rings is 4. The first-order chi connectivity index (χ1) is 17.7. The van der Waals surface area contributed by atoms with Crippen molar-refractivity contribution in [1.29, 1.82) is 0 Å². The van der Waals surface area contributed by atoms with E-state index in [0.29, 0.717) is 16.5 Å². The quantitative estimate of drug-likeness (QED) is 0.228. The Balaban J connectivity index is 1.77. The van der Waals surface area contributed by atoms with Crippen LogP contribution in [0.15, 0.2) is 95.9 Å². The largest absolute Gasteiger partial charge is 0.465 e. The monoisotopic (exact) mass is 537 g/mol. The summed E-state index contributed by atoms with van der Waals surface area (Å²) in [5.41, 5.74) is 1.08. The number of hydrogen-bond acceptors (Lipinski definition) is 4. The highest BCUT2D eigenvalue weighted by molar-refractivity contribution is 7.90. The summed E-state index contributed by atoms with van der Waals surface area (Å²) in [6, 6.07) is 22.0. The molecule has 5 rings (SSSR count). The molecule has 0 saturated heterocycles. The van der Waals surface area contributed by atoms with Crippen LogP contribution in [0.25, 0.3) is 33.3 Å². The lowest BCUT2D eigenvalue weighted by molar-refractivity contribution is 0.0600. The van der Waals surface area contributed by atoms with E-state index in [2.05, 4.69) is 0 Å². The van der Waals surface area contributed by atoms with Crippen molar-refractivity contribution in [2.24, 2.45) is 0 Å². The molecule has 37 heavy (non-hydrogen) atoms.